The number of carbonyl (C=O) groups excluding carboxylic acids is 1. The Morgan fingerprint density at radius 2 is 2.04 bits per heavy atom. The van der Waals surface area contributed by atoms with Gasteiger partial charge in [0.2, 0.25) is 5.67 Å². The number of hydrogen-bond acceptors (Lipinski definition) is 3. The second kappa shape index (κ2) is 8.62. The van der Waals surface area contributed by atoms with Crippen molar-refractivity contribution < 1.29 is 18.7 Å². The monoisotopic (exact) mass is 404 g/mol. The van der Waals surface area contributed by atoms with E-state index in [9.17, 15) is 14.0 Å². The summed E-state index contributed by atoms with van der Waals surface area (Å²) in [7, 11) is 0. The van der Waals surface area contributed by atoms with Crippen molar-refractivity contribution in [2.24, 2.45) is 0 Å². The molecule has 1 heterocycles. The zero-order valence-corrected chi connectivity index (χ0v) is 15.0. The highest BCUT2D eigenvalue weighted by Crippen LogP contribution is 2.30. The molecule has 0 bridgehead atoms. The van der Waals surface area contributed by atoms with E-state index in [2.05, 4.69) is 10.3 Å². The number of alkyl halides is 1. The molecular weight excluding hydrogens is 389 g/mol. The molecular formula is C17H16Cl2F2N2O3. The molecule has 2 aromatic rings. The number of aromatic amines is 1. The molecule has 1 amide bonds. The quantitative estimate of drug-likeness (QED) is 0.620. The van der Waals surface area contributed by atoms with Gasteiger partial charge in [-0.2, -0.15) is 0 Å². The number of carbonyl (C=O) groups is 1. The summed E-state index contributed by atoms with van der Waals surface area (Å²) in [5.41, 5.74) is -3.58. The standard InChI is InChI=1S/C17H16Cl2F2N2O3/c18-12-5-4-10(13(19)14(12)20)9-23-16(26)17(21,6-2-8-24)11-3-1-7-22-15(11)25/h1,3-5,7,24H,2,6,8-9H2,(H,22,25)(H,23,26)/t17-/m0/s1. The molecule has 0 aliphatic heterocycles. The van der Waals surface area contributed by atoms with Crippen LogP contribution >= 0.6 is 23.2 Å². The first-order valence-electron chi connectivity index (χ1n) is 7.70. The highest BCUT2D eigenvalue weighted by Gasteiger charge is 2.42. The predicted octanol–water partition coefficient (Wildman–Crippen LogP) is 3.07. The van der Waals surface area contributed by atoms with E-state index in [0.717, 1.165) is 0 Å². The van der Waals surface area contributed by atoms with Gasteiger partial charge in [0, 0.05) is 19.3 Å². The van der Waals surface area contributed by atoms with Crippen LogP contribution in [0.3, 0.4) is 0 Å². The molecule has 3 N–H and O–H groups in total. The minimum absolute atomic E-state index is 0.0332. The number of benzene rings is 1. The normalized spacial score (nSPS) is 13.3. The minimum Gasteiger partial charge on any atom is -0.396 e. The molecule has 140 valence electrons. The van der Waals surface area contributed by atoms with Gasteiger partial charge in [-0.05, 0) is 36.6 Å². The zero-order chi connectivity index (χ0) is 19.3. The molecule has 1 atom stereocenters. The van der Waals surface area contributed by atoms with Gasteiger partial charge in [-0.15, -0.1) is 0 Å². The van der Waals surface area contributed by atoms with Crippen LogP contribution in [0.4, 0.5) is 8.78 Å². The Kier molecular flexibility index (Phi) is 6.75. The molecule has 9 heteroatoms. The average Bonchev–Trinajstić information content (AvgIpc) is 2.63. The topological polar surface area (TPSA) is 82.2 Å². The van der Waals surface area contributed by atoms with Crippen molar-refractivity contribution in [1.82, 2.24) is 10.3 Å². The highest BCUT2D eigenvalue weighted by atomic mass is 35.5. The molecule has 0 fully saturated rings. The van der Waals surface area contributed by atoms with Crippen LogP contribution in [0.2, 0.25) is 10.0 Å². The summed E-state index contributed by atoms with van der Waals surface area (Å²) in [5, 5.41) is 10.8. The summed E-state index contributed by atoms with van der Waals surface area (Å²) in [6, 6.07) is 5.26. The smallest absolute Gasteiger partial charge is 0.262 e. The van der Waals surface area contributed by atoms with Crippen LogP contribution in [0, 0.1) is 5.82 Å². The Morgan fingerprint density at radius 3 is 2.69 bits per heavy atom. The first-order chi connectivity index (χ1) is 12.3. The number of aliphatic hydroxyl groups is 1. The summed E-state index contributed by atoms with van der Waals surface area (Å²) < 4.78 is 29.2. The van der Waals surface area contributed by atoms with Gasteiger partial charge in [-0.1, -0.05) is 29.3 Å². The molecule has 0 radical (unpaired) electrons. The number of hydrogen-bond donors (Lipinski definition) is 3. The second-order valence-corrected chi connectivity index (χ2v) is 6.34. The maximum atomic E-state index is 15.4. The summed E-state index contributed by atoms with van der Waals surface area (Å²) in [5.74, 6) is -1.93. The number of rotatable bonds is 7. The maximum absolute atomic E-state index is 15.4. The maximum Gasteiger partial charge on any atom is 0.262 e. The molecule has 1 aromatic heterocycles. The van der Waals surface area contributed by atoms with Gasteiger partial charge in [0.25, 0.3) is 11.5 Å². The molecule has 0 spiro atoms. The first kappa shape index (κ1) is 20.4. The fourth-order valence-electron chi connectivity index (χ4n) is 2.44. The van der Waals surface area contributed by atoms with E-state index >= 15 is 4.39 Å². The van der Waals surface area contributed by atoms with Crippen molar-refractivity contribution in [2.45, 2.75) is 25.1 Å². The third kappa shape index (κ3) is 4.23. The van der Waals surface area contributed by atoms with Gasteiger partial charge in [0.15, 0.2) is 5.82 Å². The molecule has 0 unspecified atom stereocenters. The Balaban J connectivity index is 2.27. The van der Waals surface area contributed by atoms with Crippen LogP contribution < -0.4 is 10.9 Å². The number of halogens is 4. The summed E-state index contributed by atoms with van der Waals surface area (Å²) >= 11 is 11.4. The number of amides is 1. The van der Waals surface area contributed by atoms with Crippen LogP contribution in [-0.2, 0) is 17.0 Å². The van der Waals surface area contributed by atoms with Crippen LogP contribution in [0.1, 0.15) is 24.0 Å². The number of aromatic nitrogens is 1. The van der Waals surface area contributed by atoms with Crippen molar-refractivity contribution in [3.05, 3.63) is 67.8 Å². The first-order valence-corrected chi connectivity index (χ1v) is 8.45. The van der Waals surface area contributed by atoms with Crippen LogP contribution in [0.5, 0.6) is 0 Å². The molecule has 1 aromatic carbocycles. The summed E-state index contributed by atoms with van der Waals surface area (Å²) in [6.45, 7) is -0.612. The van der Waals surface area contributed by atoms with E-state index in [-0.39, 0.29) is 40.7 Å². The highest BCUT2D eigenvalue weighted by molar-refractivity contribution is 6.35. The van der Waals surface area contributed by atoms with E-state index in [4.69, 9.17) is 28.3 Å². The predicted molar refractivity (Wildman–Crippen MR) is 94.4 cm³/mol. The molecule has 0 aliphatic rings. The Labute approximate surface area is 158 Å². The number of nitrogens with one attached hydrogen (secondary N) is 2. The largest absolute Gasteiger partial charge is 0.396 e. The molecule has 2 rings (SSSR count). The van der Waals surface area contributed by atoms with Gasteiger partial charge in [-0.25, -0.2) is 8.78 Å². The van der Waals surface area contributed by atoms with Crippen molar-refractivity contribution in [3.8, 4) is 0 Å². The lowest BCUT2D eigenvalue weighted by Gasteiger charge is -2.24. The lowest BCUT2D eigenvalue weighted by atomic mass is 9.91. The van der Waals surface area contributed by atoms with E-state index in [1.807, 2.05) is 0 Å². The fourth-order valence-corrected chi connectivity index (χ4v) is 2.88. The number of H-pyrrole nitrogens is 1. The van der Waals surface area contributed by atoms with Gasteiger partial charge in [0.1, 0.15) is 0 Å². The summed E-state index contributed by atoms with van der Waals surface area (Å²) in [4.78, 5) is 26.7. The lowest BCUT2D eigenvalue weighted by Crippen LogP contribution is -2.44. The van der Waals surface area contributed by atoms with Gasteiger partial charge in [0.05, 0.1) is 15.6 Å². The van der Waals surface area contributed by atoms with Crippen LogP contribution in [0.25, 0.3) is 0 Å². The molecule has 0 saturated carbocycles. The average molecular weight is 405 g/mol. The number of pyridine rings is 1. The van der Waals surface area contributed by atoms with Gasteiger partial charge < -0.3 is 15.4 Å². The third-order valence-electron chi connectivity index (χ3n) is 3.84. The molecule has 26 heavy (non-hydrogen) atoms. The minimum atomic E-state index is -2.66. The van der Waals surface area contributed by atoms with E-state index in [0.29, 0.717) is 0 Å². The van der Waals surface area contributed by atoms with Gasteiger partial charge >= 0.3 is 0 Å². The third-order valence-corrected chi connectivity index (χ3v) is 4.54. The molecule has 5 nitrogen and oxygen atoms in total. The second-order valence-electron chi connectivity index (χ2n) is 5.56. The SMILES string of the molecule is O=C(NCc1ccc(Cl)c(F)c1Cl)[C@](F)(CCCO)c1ccc[nH]c1=O. The van der Waals surface area contributed by atoms with Crippen LogP contribution in [0.15, 0.2) is 35.3 Å². The van der Waals surface area contributed by atoms with E-state index in [1.165, 1.54) is 30.5 Å². The summed E-state index contributed by atoms with van der Waals surface area (Å²) in [6.07, 6.45) is 0.881. The van der Waals surface area contributed by atoms with Gasteiger partial charge in [-0.3, -0.25) is 9.59 Å². The molecule has 0 aliphatic carbocycles. The van der Waals surface area contributed by atoms with E-state index in [1.54, 1.807) is 0 Å². The van der Waals surface area contributed by atoms with Crippen LogP contribution in [-0.4, -0.2) is 22.6 Å². The Bertz CT molecular complexity index is 860. The fraction of sp³-hybridized carbons (Fsp3) is 0.294. The Morgan fingerprint density at radius 1 is 1.31 bits per heavy atom. The van der Waals surface area contributed by atoms with E-state index < -0.39 is 29.4 Å². The van der Waals surface area contributed by atoms with Crippen molar-refractivity contribution in [2.75, 3.05) is 6.61 Å². The molecule has 0 saturated heterocycles. The zero-order valence-electron chi connectivity index (χ0n) is 13.5. The van der Waals surface area contributed by atoms with Crippen molar-refractivity contribution in [3.63, 3.8) is 0 Å². The Hall–Kier alpha value is -1.96. The number of aliphatic hydroxyl groups excluding tert-OH is 1. The lowest BCUT2D eigenvalue weighted by molar-refractivity contribution is -0.134. The van der Waals surface area contributed by atoms with Crippen molar-refractivity contribution in [1.29, 1.82) is 0 Å². The van der Waals surface area contributed by atoms with Crippen molar-refractivity contribution >= 4 is 29.1 Å².